The summed E-state index contributed by atoms with van der Waals surface area (Å²) in [5.74, 6) is 0.875. The van der Waals surface area contributed by atoms with E-state index in [2.05, 4.69) is 48.8 Å². The van der Waals surface area contributed by atoms with E-state index < -0.39 is 0 Å². The summed E-state index contributed by atoms with van der Waals surface area (Å²) in [5.41, 5.74) is 5.22. The zero-order valence-electron chi connectivity index (χ0n) is 13.2. The summed E-state index contributed by atoms with van der Waals surface area (Å²) in [4.78, 5) is 9.53. The van der Waals surface area contributed by atoms with Gasteiger partial charge >= 0.3 is 0 Å². The van der Waals surface area contributed by atoms with Gasteiger partial charge in [0, 0.05) is 34.4 Å². The molecule has 3 nitrogen and oxygen atoms in total. The molecule has 3 rings (SSSR count). The number of hydrogen-bond donors (Lipinski definition) is 1. The monoisotopic (exact) mass is 301 g/mol. The van der Waals surface area contributed by atoms with Crippen LogP contribution >= 0.6 is 11.3 Å². The van der Waals surface area contributed by atoms with Gasteiger partial charge in [0.1, 0.15) is 0 Å². The molecule has 2 aromatic heterocycles. The van der Waals surface area contributed by atoms with Gasteiger partial charge in [-0.05, 0) is 42.7 Å². The fraction of sp³-hybridized carbons (Fsp3) is 0.529. The van der Waals surface area contributed by atoms with Gasteiger partial charge in [0.2, 0.25) is 0 Å². The maximum Gasteiger partial charge on any atom is 0.160 e. The molecular formula is C17H23N3S. The van der Waals surface area contributed by atoms with E-state index in [1.165, 1.54) is 22.4 Å². The Kier molecular flexibility index (Phi) is 3.84. The first-order chi connectivity index (χ1) is 10.00. The van der Waals surface area contributed by atoms with Gasteiger partial charge in [-0.25, -0.2) is 9.97 Å². The van der Waals surface area contributed by atoms with Gasteiger partial charge in [0.15, 0.2) is 5.82 Å². The highest BCUT2D eigenvalue weighted by Crippen LogP contribution is 2.40. The number of hydrogen-bond acceptors (Lipinski definition) is 4. The fourth-order valence-electron chi connectivity index (χ4n) is 3.20. The Morgan fingerprint density at radius 2 is 2.19 bits per heavy atom. The van der Waals surface area contributed by atoms with Crippen LogP contribution in [0.1, 0.15) is 50.1 Å². The highest BCUT2D eigenvalue weighted by atomic mass is 32.1. The van der Waals surface area contributed by atoms with Crippen molar-refractivity contribution in [1.29, 1.82) is 0 Å². The molecule has 4 heteroatoms. The maximum atomic E-state index is 4.90. The smallest absolute Gasteiger partial charge is 0.160 e. The number of fused-ring (bicyclic) bond motifs is 1. The molecule has 112 valence electrons. The van der Waals surface area contributed by atoms with Crippen LogP contribution in [0.2, 0.25) is 0 Å². The summed E-state index contributed by atoms with van der Waals surface area (Å²) in [5, 5.41) is 7.89. The van der Waals surface area contributed by atoms with Crippen molar-refractivity contribution in [2.75, 3.05) is 6.54 Å². The lowest BCUT2D eigenvalue weighted by molar-refractivity contribution is 0.255. The molecule has 1 atom stereocenters. The number of aryl methyl sites for hydroxylation is 1. The van der Waals surface area contributed by atoms with Gasteiger partial charge in [0.05, 0.1) is 0 Å². The minimum atomic E-state index is 0.287. The van der Waals surface area contributed by atoms with Gasteiger partial charge in [-0.15, -0.1) is 0 Å². The maximum absolute atomic E-state index is 4.90. The van der Waals surface area contributed by atoms with E-state index in [1.54, 1.807) is 11.3 Å². The minimum Gasteiger partial charge on any atom is -0.310 e. The SMILES string of the molecule is CCNC1CC(C)(C)Cc2nc(-c3cscc3C)ncc21. The van der Waals surface area contributed by atoms with Crippen LogP contribution in [0.5, 0.6) is 0 Å². The van der Waals surface area contributed by atoms with E-state index >= 15 is 0 Å². The molecular weight excluding hydrogens is 278 g/mol. The molecule has 1 aliphatic carbocycles. The largest absolute Gasteiger partial charge is 0.310 e. The van der Waals surface area contributed by atoms with E-state index in [4.69, 9.17) is 4.98 Å². The van der Waals surface area contributed by atoms with Crippen LogP contribution in [0.15, 0.2) is 17.0 Å². The fourth-order valence-corrected chi connectivity index (χ4v) is 4.02. The first kappa shape index (κ1) is 14.7. The number of nitrogens with one attached hydrogen (secondary N) is 1. The number of rotatable bonds is 3. The summed E-state index contributed by atoms with van der Waals surface area (Å²) in [6.45, 7) is 9.92. The third kappa shape index (κ3) is 2.87. The van der Waals surface area contributed by atoms with Crippen molar-refractivity contribution in [2.24, 2.45) is 5.41 Å². The first-order valence-electron chi connectivity index (χ1n) is 7.62. The predicted molar refractivity (Wildman–Crippen MR) is 88.6 cm³/mol. The molecule has 21 heavy (non-hydrogen) atoms. The highest BCUT2D eigenvalue weighted by Gasteiger charge is 2.33. The lowest BCUT2D eigenvalue weighted by Crippen LogP contribution is -2.34. The third-order valence-electron chi connectivity index (χ3n) is 4.23. The molecule has 0 amide bonds. The lowest BCUT2D eigenvalue weighted by Gasteiger charge is -2.36. The lowest BCUT2D eigenvalue weighted by atomic mass is 9.74. The van der Waals surface area contributed by atoms with Crippen LogP contribution in [0.4, 0.5) is 0 Å². The van der Waals surface area contributed by atoms with Crippen LogP contribution in [0, 0.1) is 12.3 Å². The van der Waals surface area contributed by atoms with Crippen LogP contribution in [-0.2, 0) is 6.42 Å². The Hall–Kier alpha value is -1.26. The van der Waals surface area contributed by atoms with Crippen LogP contribution < -0.4 is 5.32 Å². The van der Waals surface area contributed by atoms with Crippen LogP contribution in [0.3, 0.4) is 0 Å². The van der Waals surface area contributed by atoms with E-state index in [0.29, 0.717) is 6.04 Å². The number of aromatic nitrogens is 2. The summed E-state index contributed by atoms with van der Waals surface area (Å²) >= 11 is 1.71. The Bertz CT molecular complexity index is 645. The van der Waals surface area contributed by atoms with Crippen molar-refractivity contribution in [1.82, 2.24) is 15.3 Å². The molecule has 1 N–H and O–H groups in total. The third-order valence-corrected chi connectivity index (χ3v) is 5.09. The van der Waals surface area contributed by atoms with Crippen molar-refractivity contribution in [2.45, 2.75) is 46.6 Å². The average Bonchev–Trinajstić information content (AvgIpc) is 2.83. The van der Waals surface area contributed by atoms with Crippen LogP contribution in [0.25, 0.3) is 11.4 Å². The molecule has 2 aromatic rings. The van der Waals surface area contributed by atoms with Gasteiger partial charge in [-0.1, -0.05) is 20.8 Å². The zero-order chi connectivity index (χ0) is 15.0. The van der Waals surface area contributed by atoms with E-state index in [0.717, 1.165) is 25.2 Å². The van der Waals surface area contributed by atoms with E-state index in [9.17, 15) is 0 Å². The molecule has 1 unspecified atom stereocenters. The quantitative estimate of drug-likeness (QED) is 0.926. The van der Waals surface area contributed by atoms with Crippen molar-refractivity contribution in [3.8, 4) is 11.4 Å². The minimum absolute atomic E-state index is 0.287. The molecule has 0 bridgehead atoms. The molecule has 2 heterocycles. The Morgan fingerprint density at radius 3 is 2.86 bits per heavy atom. The van der Waals surface area contributed by atoms with E-state index in [1.807, 2.05) is 6.20 Å². The summed E-state index contributed by atoms with van der Waals surface area (Å²) in [6, 6.07) is 0.381. The number of nitrogens with zero attached hydrogens (tertiary/aromatic N) is 2. The molecule has 0 saturated heterocycles. The predicted octanol–water partition coefficient (Wildman–Crippen LogP) is 4.14. The van der Waals surface area contributed by atoms with E-state index in [-0.39, 0.29) is 5.41 Å². The molecule has 0 aromatic carbocycles. The second kappa shape index (κ2) is 5.50. The standard InChI is InChI=1S/C17H23N3S/c1-5-18-14-6-17(3,4)7-15-12(14)8-19-16(20-15)13-10-21-9-11(13)2/h8-10,14,18H,5-7H2,1-4H3. The summed E-state index contributed by atoms with van der Waals surface area (Å²) < 4.78 is 0. The van der Waals surface area contributed by atoms with Crippen molar-refractivity contribution >= 4 is 11.3 Å². The Morgan fingerprint density at radius 1 is 1.38 bits per heavy atom. The highest BCUT2D eigenvalue weighted by molar-refractivity contribution is 7.08. The summed E-state index contributed by atoms with van der Waals surface area (Å²) in [6.07, 6.45) is 4.22. The van der Waals surface area contributed by atoms with Crippen molar-refractivity contribution in [3.63, 3.8) is 0 Å². The molecule has 0 aliphatic heterocycles. The molecule has 0 saturated carbocycles. The molecule has 0 radical (unpaired) electrons. The van der Waals surface area contributed by atoms with Gasteiger partial charge in [0.25, 0.3) is 0 Å². The normalized spacial score (nSPS) is 20.3. The molecule has 0 fully saturated rings. The van der Waals surface area contributed by atoms with Gasteiger partial charge in [-0.3, -0.25) is 0 Å². The van der Waals surface area contributed by atoms with Crippen molar-refractivity contribution < 1.29 is 0 Å². The van der Waals surface area contributed by atoms with Gasteiger partial charge < -0.3 is 5.32 Å². The number of thiophene rings is 1. The summed E-state index contributed by atoms with van der Waals surface area (Å²) in [7, 11) is 0. The van der Waals surface area contributed by atoms with Crippen LogP contribution in [-0.4, -0.2) is 16.5 Å². The molecule has 1 aliphatic rings. The topological polar surface area (TPSA) is 37.8 Å². The van der Waals surface area contributed by atoms with Gasteiger partial charge in [-0.2, -0.15) is 11.3 Å². The zero-order valence-corrected chi connectivity index (χ0v) is 14.0. The second-order valence-electron chi connectivity index (χ2n) is 6.72. The first-order valence-corrected chi connectivity index (χ1v) is 8.57. The second-order valence-corrected chi connectivity index (χ2v) is 7.46. The Labute approximate surface area is 130 Å². The van der Waals surface area contributed by atoms with Crippen molar-refractivity contribution in [3.05, 3.63) is 33.8 Å². The molecule has 0 spiro atoms. The Balaban J connectivity index is 2.03. The average molecular weight is 301 g/mol.